The number of rotatable bonds is 3. The van der Waals surface area contributed by atoms with Crippen LogP contribution in [0.25, 0.3) is 0 Å². The standard InChI is InChI=1S/C17H21NO3S/c1-12-11-14(19)7-10-16(12)18-22(20,21)15-8-5-13(6-9-15)17(2,3)4/h5-11,18-19H,1-4H3. The number of aromatic hydroxyl groups is 1. The van der Waals surface area contributed by atoms with Gasteiger partial charge in [-0.25, -0.2) is 8.42 Å². The molecular formula is C17H21NO3S. The molecular weight excluding hydrogens is 298 g/mol. The van der Waals surface area contributed by atoms with Gasteiger partial charge in [0.15, 0.2) is 0 Å². The zero-order valence-electron chi connectivity index (χ0n) is 13.2. The Bertz CT molecular complexity index is 773. The van der Waals surface area contributed by atoms with Crippen LogP contribution in [0.5, 0.6) is 5.75 Å². The van der Waals surface area contributed by atoms with E-state index in [1.54, 1.807) is 25.1 Å². The van der Waals surface area contributed by atoms with Crippen molar-refractivity contribution < 1.29 is 13.5 Å². The van der Waals surface area contributed by atoms with E-state index >= 15 is 0 Å². The Morgan fingerprint density at radius 2 is 1.59 bits per heavy atom. The lowest BCUT2D eigenvalue weighted by atomic mass is 9.87. The molecule has 4 nitrogen and oxygen atoms in total. The maximum Gasteiger partial charge on any atom is 0.261 e. The van der Waals surface area contributed by atoms with Gasteiger partial charge in [0.2, 0.25) is 0 Å². The van der Waals surface area contributed by atoms with Crippen molar-refractivity contribution in [3.8, 4) is 5.75 Å². The van der Waals surface area contributed by atoms with Crippen LogP contribution in [0, 0.1) is 6.92 Å². The molecule has 0 fully saturated rings. The van der Waals surface area contributed by atoms with Gasteiger partial charge in [-0.3, -0.25) is 4.72 Å². The molecule has 0 saturated carbocycles. The van der Waals surface area contributed by atoms with Crippen molar-refractivity contribution >= 4 is 15.7 Å². The van der Waals surface area contributed by atoms with E-state index in [4.69, 9.17) is 0 Å². The molecule has 0 spiro atoms. The van der Waals surface area contributed by atoms with E-state index in [2.05, 4.69) is 25.5 Å². The quantitative estimate of drug-likeness (QED) is 0.846. The van der Waals surface area contributed by atoms with Crippen LogP contribution < -0.4 is 4.72 Å². The van der Waals surface area contributed by atoms with Crippen LogP contribution in [-0.2, 0) is 15.4 Å². The summed E-state index contributed by atoms with van der Waals surface area (Å²) in [6.45, 7) is 7.97. The molecule has 0 aliphatic heterocycles. The van der Waals surface area contributed by atoms with Gasteiger partial charge in [0, 0.05) is 0 Å². The fourth-order valence-electron chi connectivity index (χ4n) is 2.10. The summed E-state index contributed by atoms with van der Waals surface area (Å²) < 4.78 is 27.4. The summed E-state index contributed by atoms with van der Waals surface area (Å²) in [7, 11) is -3.64. The van der Waals surface area contributed by atoms with Crippen LogP contribution >= 0.6 is 0 Å². The van der Waals surface area contributed by atoms with Crippen molar-refractivity contribution in [2.24, 2.45) is 0 Å². The van der Waals surface area contributed by atoms with Crippen LogP contribution in [0.3, 0.4) is 0 Å². The zero-order chi connectivity index (χ0) is 16.5. The first-order valence-corrected chi connectivity index (χ1v) is 8.51. The molecule has 0 saturated heterocycles. The number of sulfonamides is 1. The largest absolute Gasteiger partial charge is 0.508 e. The van der Waals surface area contributed by atoms with Gasteiger partial charge in [-0.2, -0.15) is 0 Å². The van der Waals surface area contributed by atoms with Gasteiger partial charge in [0.1, 0.15) is 5.75 Å². The van der Waals surface area contributed by atoms with E-state index in [1.807, 2.05) is 12.1 Å². The van der Waals surface area contributed by atoms with Gasteiger partial charge in [0.25, 0.3) is 10.0 Å². The monoisotopic (exact) mass is 319 g/mol. The number of phenolic OH excluding ortho intramolecular Hbond substituents is 1. The highest BCUT2D eigenvalue weighted by Gasteiger charge is 2.18. The van der Waals surface area contributed by atoms with Crippen molar-refractivity contribution in [2.75, 3.05) is 4.72 Å². The van der Waals surface area contributed by atoms with Crippen LogP contribution in [0.15, 0.2) is 47.4 Å². The van der Waals surface area contributed by atoms with E-state index in [0.29, 0.717) is 11.3 Å². The van der Waals surface area contributed by atoms with Crippen LogP contribution in [0.4, 0.5) is 5.69 Å². The normalized spacial score (nSPS) is 12.2. The fraction of sp³-hybridized carbons (Fsp3) is 0.294. The molecule has 0 amide bonds. The summed E-state index contributed by atoms with van der Waals surface area (Å²) in [5, 5.41) is 9.38. The molecule has 0 atom stereocenters. The maximum absolute atomic E-state index is 12.4. The summed E-state index contributed by atoms with van der Waals surface area (Å²) in [4.78, 5) is 0.216. The van der Waals surface area contributed by atoms with E-state index < -0.39 is 10.0 Å². The fourth-order valence-corrected chi connectivity index (χ4v) is 3.23. The summed E-state index contributed by atoms with van der Waals surface area (Å²) in [6, 6.07) is 11.4. The molecule has 22 heavy (non-hydrogen) atoms. The molecule has 2 rings (SSSR count). The molecule has 0 unspecified atom stereocenters. The third kappa shape index (κ3) is 3.60. The van der Waals surface area contributed by atoms with Crippen molar-refractivity contribution in [1.29, 1.82) is 0 Å². The summed E-state index contributed by atoms with van der Waals surface area (Å²) in [5.74, 6) is 0.106. The molecule has 2 N–H and O–H groups in total. The van der Waals surface area contributed by atoms with Gasteiger partial charge in [-0.15, -0.1) is 0 Å². The lowest BCUT2D eigenvalue weighted by Gasteiger charge is -2.19. The summed E-state index contributed by atoms with van der Waals surface area (Å²) >= 11 is 0. The van der Waals surface area contributed by atoms with Gasteiger partial charge in [0.05, 0.1) is 10.6 Å². The maximum atomic E-state index is 12.4. The molecule has 0 bridgehead atoms. The second-order valence-corrected chi connectivity index (χ2v) is 8.06. The van der Waals surface area contributed by atoms with Gasteiger partial charge in [-0.05, 0) is 53.8 Å². The van der Waals surface area contributed by atoms with Gasteiger partial charge >= 0.3 is 0 Å². The highest BCUT2D eigenvalue weighted by atomic mass is 32.2. The third-order valence-electron chi connectivity index (χ3n) is 3.48. The number of benzene rings is 2. The Morgan fingerprint density at radius 1 is 1.00 bits per heavy atom. The molecule has 0 aliphatic carbocycles. The minimum Gasteiger partial charge on any atom is -0.508 e. The first kappa shape index (κ1) is 16.4. The zero-order valence-corrected chi connectivity index (χ0v) is 14.0. The topological polar surface area (TPSA) is 66.4 Å². The second-order valence-electron chi connectivity index (χ2n) is 6.38. The number of anilines is 1. The van der Waals surface area contributed by atoms with E-state index in [9.17, 15) is 13.5 Å². The molecule has 0 aromatic heterocycles. The van der Waals surface area contributed by atoms with E-state index in [1.165, 1.54) is 12.1 Å². The molecule has 0 heterocycles. The average molecular weight is 319 g/mol. The van der Waals surface area contributed by atoms with Gasteiger partial charge in [-0.1, -0.05) is 32.9 Å². The molecule has 118 valence electrons. The molecule has 0 aliphatic rings. The van der Waals surface area contributed by atoms with Crippen molar-refractivity contribution in [3.63, 3.8) is 0 Å². The van der Waals surface area contributed by atoms with E-state index in [-0.39, 0.29) is 16.1 Å². The smallest absolute Gasteiger partial charge is 0.261 e. The first-order valence-electron chi connectivity index (χ1n) is 7.02. The minimum atomic E-state index is -3.64. The van der Waals surface area contributed by atoms with E-state index in [0.717, 1.165) is 5.56 Å². The third-order valence-corrected chi connectivity index (χ3v) is 4.87. The number of phenols is 1. The Kier molecular flexibility index (Phi) is 4.20. The highest BCUT2D eigenvalue weighted by Crippen LogP contribution is 2.26. The highest BCUT2D eigenvalue weighted by molar-refractivity contribution is 7.92. The minimum absolute atomic E-state index is 0.0245. The Morgan fingerprint density at radius 3 is 2.09 bits per heavy atom. The Balaban J connectivity index is 2.31. The second kappa shape index (κ2) is 5.65. The number of hydrogen-bond acceptors (Lipinski definition) is 3. The van der Waals surface area contributed by atoms with Crippen LogP contribution in [0.1, 0.15) is 31.9 Å². The Hall–Kier alpha value is -2.01. The van der Waals surface area contributed by atoms with Crippen molar-refractivity contribution in [1.82, 2.24) is 0 Å². The predicted molar refractivity (Wildman–Crippen MR) is 88.8 cm³/mol. The van der Waals surface area contributed by atoms with Crippen molar-refractivity contribution in [2.45, 2.75) is 38.0 Å². The number of nitrogens with one attached hydrogen (secondary N) is 1. The predicted octanol–water partition coefficient (Wildman–Crippen LogP) is 3.80. The number of aryl methyl sites for hydroxylation is 1. The summed E-state index contributed by atoms with van der Waals surface area (Å²) in [5.41, 5.74) is 2.17. The van der Waals surface area contributed by atoms with Crippen molar-refractivity contribution in [3.05, 3.63) is 53.6 Å². The van der Waals surface area contributed by atoms with Crippen LogP contribution in [-0.4, -0.2) is 13.5 Å². The SMILES string of the molecule is Cc1cc(O)ccc1NS(=O)(=O)c1ccc(C(C)(C)C)cc1. The molecule has 0 radical (unpaired) electrons. The molecule has 2 aromatic carbocycles. The lowest BCUT2D eigenvalue weighted by Crippen LogP contribution is -2.15. The lowest BCUT2D eigenvalue weighted by molar-refractivity contribution is 0.475. The molecule has 5 heteroatoms. The Labute approximate surface area is 131 Å². The molecule has 2 aromatic rings. The average Bonchev–Trinajstić information content (AvgIpc) is 2.41. The van der Waals surface area contributed by atoms with Crippen LogP contribution in [0.2, 0.25) is 0 Å². The number of hydrogen-bond donors (Lipinski definition) is 2. The first-order chi connectivity index (χ1) is 10.1. The summed E-state index contributed by atoms with van der Waals surface area (Å²) in [6.07, 6.45) is 0. The van der Waals surface area contributed by atoms with Gasteiger partial charge < -0.3 is 5.11 Å².